The van der Waals surface area contributed by atoms with Crippen molar-refractivity contribution in [3.63, 3.8) is 0 Å². The molecule has 3 heteroatoms. The number of hydrogen-bond donors (Lipinski definition) is 0. The van der Waals surface area contributed by atoms with Crippen LogP contribution in [0.2, 0.25) is 0 Å². The number of aldehydes is 1. The highest BCUT2D eigenvalue weighted by atomic mass is 16.1. The van der Waals surface area contributed by atoms with Crippen LogP contribution in [0.5, 0.6) is 0 Å². The molecule has 1 heterocycles. The van der Waals surface area contributed by atoms with Gasteiger partial charge in [-0.2, -0.15) is 0 Å². The SMILES string of the molecule is CC=C(C=O)c1cnccn1. The normalized spacial score (nSPS) is 11.2. The minimum absolute atomic E-state index is 0.568. The van der Waals surface area contributed by atoms with Gasteiger partial charge in [-0.25, -0.2) is 0 Å². The maximum absolute atomic E-state index is 10.4. The Labute approximate surface area is 64.8 Å². The number of nitrogens with zero attached hydrogens (tertiary/aromatic N) is 2. The molecule has 3 nitrogen and oxygen atoms in total. The molecule has 0 unspecified atom stereocenters. The van der Waals surface area contributed by atoms with Crippen molar-refractivity contribution in [2.24, 2.45) is 0 Å². The van der Waals surface area contributed by atoms with Crippen molar-refractivity contribution in [1.82, 2.24) is 9.97 Å². The van der Waals surface area contributed by atoms with Crippen LogP contribution in [-0.4, -0.2) is 16.3 Å². The summed E-state index contributed by atoms with van der Waals surface area (Å²) in [6.45, 7) is 1.79. The number of rotatable bonds is 2. The predicted octanol–water partition coefficient (Wildman–Crippen LogP) is 1.08. The van der Waals surface area contributed by atoms with Gasteiger partial charge in [-0.1, -0.05) is 6.08 Å². The van der Waals surface area contributed by atoms with Gasteiger partial charge >= 0.3 is 0 Å². The van der Waals surface area contributed by atoms with E-state index < -0.39 is 0 Å². The van der Waals surface area contributed by atoms with Crippen LogP contribution in [0.15, 0.2) is 24.7 Å². The maximum Gasteiger partial charge on any atom is 0.151 e. The van der Waals surface area contributed by atoms with E-state index in [2.05, 4.69) is 9.97 Å². The Hall–Kier alpha value is -1.51. The molecule has 0 aromatic carbocycles. The van der Waals surface area contributed by atoms with E-state index in [-0.39, 0.29) is 0 Å². The van der Waals surface area contributed by atoms with E-state index in [9.17, 15) is 4.79 Å². The lowest BCUT2D eigenvalue weighted by molar-refractivity contribution is -0.103. The third kappa shape index (κ3) is 1.70. The van der Waals surface area contributed by atoms with Crippen LogP contribution < -0.4 is 0 Å². The molecule has 1 aromatic rings. The summed E-state index contributed by atoms with van der Waals surface area (Å²) in [4.78, 5) is 18.2. The fourth-order valence-electron chi connectivity index (χ4n) is 0.724. The van der Waals surface area contributed by atoms with Crippen molar-refractivity contribution < 1.29 is 4.79 Å². The van der Waals surface area contributed by atoms with E-state index in [1.165, 1.54) is 0 Å². The average molecular weight is 148 g/mol. The molecular weight excluding hydrogens is 140 g/mol. The van der Waals surface area contributed by atoms with Crippen molar-refractivity contribution in [2.45, 2.75) is 6.92 Å². The van der Waals surface area contributed by atoms with Gasteiger partial charge in [0.1, 0.15) is 0 Å². The summed E-state index contributed by atoms with van der Waals surface area (Å²) in [7, 11) is 0. The first-order valence-corrected chi connectivity index (χ1v) is 3.26. The van der Waals surface area contributed by atoms with E-state index in [0.717, 1.165) is 6.29 Å². The molecule has 56 valence electrons. The van der Waals surface area contributed by atoms with E-state index >= 15 is 0 Å². The highest BCUT2D eigenvalue weighted by Gasteiger charge is 1.97. The number of aromatic nitrogens is 2. The van der Waals surface area contributed by atoms with Crippen molar-refractivity contribution in [3.05, 3.63) is 30.4 Å². The second kappa shape index (κ2) is 3.61. The summed E-state index contributed by atoms with van der Waals surface area (Å²) in [5.74, 6) is 0. The van der Waals surface area contributed by atoms with Crippen LogP contribution in [-0.2, 0) is 4.79 Å². The summed E-state index contributed by atoms with van der Waals surface area (Å²) in [5, 5.41) is 0. The number of carbonyl (C=O) groups is 1. The van der Waals surface area contributed by atoms with Crippen LogP contribution >= 0.6 is 0 Å². The van der Waals surface area contributed by atoms with Crippen molar-refractivity contribution in [1.29, 1.82) is 0 Å². The summed E-state index contributed by atoms with van der Waals surface area (Å²) in [6, 6.07) is 0. The molecule has 0 saturated carbocycles. The Morgan fingerprint density at radius 1 is 1.55 bits per heavy atom. The summed E-state index contributed by atoms with van der Waals surface area (Å²) in [6.07, 6.45) is 7.16. The van der Waals surface area contributed by atoms with Crippen LogP contribution in [0, 0.1) is 0 Å². The summed E-state index contributed by atoms with van der Waals surface area (Å²) in [5.41, 5.74) is 1.18. The topological polar surface area (TPSA) is 42.9 Å². The zero-order valence-corrected chi connectivity index (χ0v) is 6.19. The minimum Gasteiger partial charge on any atom is -0.298 e. The van der Waals surface area contributed by atoms with Crippen molar-refractivity contribution in [3.8, 4) is 0 Å². The first kappa shape index (κ1) is 7.60. The minimum atomic E-state index is 0.568. The van der Waals surface area contributed by atoms with Gasteiger partial charge in [-0.05, 0) is 6.92 Å². The van der Waals surface area contributed by atoms with Crippen LogP contribution in [0.25, 0.3) is 5.57 Å². The molecular formula is C8H8N2O. The van der Waals surface area contributed by atoms with Gasteiger partial charge in [-0.15, -0.1) is 0 Å². The standard InChI is InChI=1S/C8H8N2O/c1-2-7(6-11)8-5-9-3-4-10-8/h2-6H,1H3. The Morgan fingerprint density at radius 2 is 2.36 bits per heavy atom. The van der Waals surface area contributed by atoms with Gasteiger partial charge in [0.2, 0.25) is 0 Å². The molecule has 0 radical (unpaired) electrons. The van der Waals surface area contributed by atoms with Gasteiger partial charge in [0.05, 0.1) is 11.9 Å². The first-order chi connectivity index (χ1) is 5.38. The zero-order valence-electron chi connectivity index (χ0n) is 6.19. The second-order valence-corrected chi connectivity index (χ2v) is 1.95. The lowest BCUT2D eigenvalue weighted by Crippen LogP contribution is -1.89. The maximum atomic E-state index is 10.4. The Balaban J connectivity index is 3.01. The highest BCUT2D eigenvalue weighted by molar-refractivity contribution is 6.05. The molecule has 0 aliphatic carbocycles. The van der Waals surface area contributed by atoms with E-state index in [1.807, 2.05) is 0 Å². The molecule has 0 bridgehead atoms. The lowest BCUT2D eigenvalue weighted by atomic mass is 10.2. The molecule has 0 atom stereocenters. The summed E-state index contributed by atoms with van der Waals surface area (Å²) >= 11 is 0. The molecule has 0 spiro atoms. The van der Waals surface area contributed by atoms with Crippen LogP contribution in [0.3, 0.4) is 0 Å². The molecule has 11 heavy (non-hydrogen) atoms. The molecule has 0 aliphatic rings. The van der Waals surface area contributed by atoms with Gasteiger partial charge in [0.25, 0.3) is 0 Å². The van der Waals surface area contributed by atoms with Gasteiger partial charge in [-0.3, -0.25) is 14.8 Å². The molecule has 1 aromatic heterocycles. The van der Waals surface area contributed by atoms with E-state index in [0.29, 0.717) is 11.3 Å². The Morgan fingerprint density at radius 3 is 2.82 bits per heavy atom. The monoisotopic (exact) mass is 148 g/mol. The van der Waals surface area contributed by atoms with Crippen molar-refractivity contribution >= 4 is 11.9 Å². The molecule has 0 fully saturated rings. The summed E-state index contributed by atoms with van der Waals surface area (Å²) < 4.78 is 0. The lowest BCUT2D eigenvalue weighted by Gasteiger charge is -1.94. The average Bonchev–Trinajstić information content (AvgIpc) is 2.09. The predicted molar refractivity (Wildman–Crippen MR) is 41.7 cm³/mol. The quantitative estimate of drug-likeness (QED) is 0.465. The smallest absolute Gasteiger partial charge is 0.151 e. The molecule has 0 N–H and O–H groups in total. The number of hydrogen-bond acceptors (Lipinski definition) is 3. The number of allylic oxidation sites excluding steroid dienone is 2. The van der Waals surface area contributed by atoms with Gasteiger partial charge < -0.3 is 0 Å². The number of carbonyl (C=O) groups excluding carboxylic acids is 1. The van der Waals surface area contributed by atoms with Gasteiger partial charge in [0, 0.05) is 18.0 Å². The highest BCUT2D eigenvalue weighted by Crippen LogP contribution is 2.04. The fraction of sp³-hybridized carbons (Fsp3) is 0.125. The molecule has 0 aliphatic heterocycles. The third-order valence-corrected chi connectivity index (χ3v) is 1.30. The van der Waals surface area contributed by atoms with E-state index in [4.69, 9.17) is 0 Å². The van der Waals surface area contributed by atoms with Gasteiger partial charge in [0.15, 0.2) is 6.29 Å². The molecule has 1 rings (SSSR count). The zero-order chi connectivity index (χ0) is 8.10. The molecule has 0 saturated heterocycles. The second-order valence-electron chi connectivity index (χ2n) is 1.95. The fourth-order valence-corrected chi connectivity index (χ4v) is 0.724. The Kier molecular flexibility index (Phi) is 2.49. The molecule has 0 amide bonds. The third-order valence-electron chi connectivity index (χ3n) is 1.30. The van der Waals surface area contributed by atoms with Crippen LogP contribution in [0.4, 0.5) is 0 Å². The largest absolute Gasteiger partial charge is 0.298 e. The first-order valence-electron chi connectivity index (χ1n) is 3.26. The van der Waals surface area contributed by atoms with E-state index in [1.54, 1.807) is 31.6 Å². The van der Waals surface area contributed by atoms with Crippen molar-refractivity contribution in [2.75, 3.05) is 0 Å². The Bertz CT molecular complexity index is 267. The van der Waals surface area contributed by atoms with Crippen LogP contribution in [0.1, 0.15) is 12.6 Å².